The highest BCUT2D eigenvalue weighted by atomic mass is 16.6. The third kappa shape index (κ3) is 6.70. The van der Waals surface area contributed by atoms with Crippen molar-refractivity contribution in [2.45, 2.75) is 124 Å². The molecule has 0 aromatic carbocycles. The maximum absolute atomic E-state index is 13.9. The van der Waals surface area contributed by atoms with Crippen molar-refractivity contribution in [2.24, 2.45) is 22.2 Å². The molecule has 10 nitrogen and oxygen atoms in total. The molecule has 10 heteroatoms. The van der Waals surface area contributed by atoms with E-state index in [9.17, 15) is 19.2 Å². The summed E-state index contributed by atoms with van der Waals surface area (Å²) in [6.07, 6.45) is 9.41. The normalized spacial score (nSPS) is 37.6. The first-order valence-electron chi connectivity index (χ1n) is 16.9. The van der Waals surface area contributed by atoms with Gasteiger partial charge in [-0.1, -0.05) is 72.3 Å². The van der Waals surface area contributed by atoms with Gasteiger partial charge in [0.25, 0.3) is 0 Å². The van der Waals surface area contributed by atoms with Gasteiger partial charge in [0.05, 0.1) is 30.8 Å². The molecule has 5 rings (SSSR count). The molecule has 0 aromatic rings. The lowest BCUT2D eigenvalue weighted by Crippen LogP contribution is -2.67. The first kappa shape index (κ1) is 35.9. The number of nitrogens with one attached hydrogen (secondary N) is 1. The zero-order valence-corrected chi connectivity index (χ0v) is 28.8. The number of esters is 3. The summed E-state index contributed by atoms with van der Waals surface area (Å²) in [4.78, 5) is 52.4. The van der Waals surface area contributed by atoms with Gasteiger partial charge in [0.15, 0.2) is 0 Å². The van der Waals surface area contributed by atoms with Gasteiger partial charge in [-0.05, 0) is 44.9 Å². The Morgan fingerprint density at radius 1 is 1.04 bits per heavy atom. The number of hydrogen-bond acceptors (Lipinski definition) is 9. The lowest BCUT2D eigenvalue weighted by atomic mass is 9.51. The van der Waals surface area contributed by atoms with Crippen LogP contribution in [-0.4, -0.2) is 73.6 Å². The van der Waals surface area contributed by atoms with E-state index in [2.05, 4.69) is 39.1 Å². The molecule has 7 atom stereocenters. The number of cyclic esters (lactones) is 2. The van der Waals surface area contributed by atoms with Crippen molar-refractivity contribution in [1.82, 2.24) is 5.32 Å². The standard InChI is InChI=1S/C34H47NO9.C2H6/c1-21(2)18-31(4,5)30(39)35-23-10-9-15-40-27(36)11-7-8-12-28(37)44-24-17-26-34(20-42-34)32(24,6)33(19-41-29(23)38)14-13-22(3)16-25(33)43-26;1-2/h7-8,11-12,16,21,23-26H,9-10,13-15,17-20H2,1-6H3,(H,35,39);1-2H3/b11-7+,12-8-;/t23?,24?,25-,26?,32?,33-,34+;/m1./s1. The van der Waals surface area contributed by atoms with Crippen LogP contribution in [0.3, 0.4) is 0 Å². The zero-order valence-electron chi connectivity index (χ0n) is 28.8. The molecule has 1 N–H and O–H groups in total. The van der Waals surface area contributed by atoms with Crippen LogP contribution >= 0.6 is 0 Å². The van der Waals surface area contributed by atoms with Crippen molar-refractivity contribution in [3.05, 3.63) is 36.0 Å². The molecule has 2 spiro atoms. The highest BCUT2D eigenvalue weighted by Gasteiger charge is 2.83. The van der Waals surface area contributed by atoms with E-state index >= 15 is 0 Å². The number of allylic oxidation sites excluding steroid dienone is 3. The Hall–Kier alpha value is -2.98. The van der Waals surface area contributed by atoms with Crippen molar-refractivity contribution in [1.29, 1.82) is 0 Å². The molecule has 46 heavy (non-hydrogen) atoms. The molecule has 256 valence electrons. The maximum atomic E-state index is 13.9. The van der Waals surface area contributed by atoms with Crippen LogP contribution in [0.4, 0.5) is 0 Å². The number of amides is 1. The van der Waals surface area contributed by atoms with E-state index in [1.807, 2.05) is 27.7 Å². The Bertz CT molecular complexity index is 1260. The topological polar surface area (TPSA) is 130 Å². The summed E-state index contributed by atoms with van der Waals surface area (Å²) in [6.45, 7) is 16.5. The quantitative estimate of drug-likeness (QED) is 0.191. The third-order valence-electron chi connectivity index (χ3n) is 10.5. The summed E-state index contributed by atoms with van der Waals surface area (Å²) >= 11 is 0. The van der Waals surface area contributed by atoms with Crippen molar-refractivity contribution in [3.8, 4) is 0 Å². The van der Waals surface area contributed by atoms with Gasteiger partial charge in [0.2, 0.25) is 5.91 Å². The summed E-state index contributed by atoms with van der Waals surface area (Å²) in [6, 6.07) is -0.936. The molecule has 1 saturated carbocycles. The third-order valence-corrected chi connectivity index (χ3v) is 10.5. The Morgan fingerprint density at radius 3 is 2.37 bits per heavy atom. The first-order valence-corrected chi connectivity index (χ1v) is 16.9. The van der Waals surface area contributed by atoms with Gasteiger partial charge in [-0.2, -0.15) is 0 Å². The summed E-state index contributed by atoms with van der Waals surface area (Å²) in [5.74, 6) is -1.64. The zero-order chi connectivity index (χ0) is 33.9. The molecule has 3 aliphatic heterocycles. The number of rotatable bonds is 4. The predicted molar refractivity (Wildman–Crippen MR) is 171 cm³/mol. The van der Waals surface area contributed by atoms with Crippen LogP contribution in [0.5, 0.6) is 0 Å². The van der Waals surface area contributed by atoms with Crippen LogP contribution < -0.4 is 5.32 Å². The van der Waals surface area contributed by atoms with E-state index in [-0.39, 0.29) is 43.7 Å². The largest absolute Gasteiger partial charge is 0.463 e. The van der Waals surface area contributed by atoms with E-state index in [0.29, 0.717) is 32.3 Å². The van der Waals surface area contributed by atoms with Crippen molar-refractivity contribution >= 4 is 23.8 Å². The van der Waals surface area contributed by atoms with Crippen LogP contribution in [0, 0.1) is 22.2 Å². The minimum absolute atomic E-state index is 0.0119. The van der Waals surface area contributed by atoms with Gasteiger partial charge in [-0.3, -0.25) is 4.79 Å². The van der Waals surface area contributed by atoms with Crippen molar-refractivity contribution in [3.63, 3.8) is 0 Å². The molecule has 2 bridgehead atoms. The molecule has 1 amide bonds. The second-order valence-electron chi connectivity index (χ2n) is 14.4. The fourth-order valence-electron chi connectivity index (χ4n) is 8.11. The molecule has 0 radical (unpaired) electrons. The minimum atomic E-state index is -0.936. The van der Waals surface area contributed by atoms with Crippen LogP contribution in [0.15, 0.2) is 36.0 Å². The van der Waals surface area contributed by atoms with Crippen LogP contribution in [0.1, 0.15) is 93.9 Å². The first-order chi connectivity index (χ1) is 21.7. The highest BCUT2D eigenvalue weighted by Crippen LogP contribution is 2.72. The number of epoxide rings is 1. The summed E-state index contributed by atoms with van der Waals surface area (Å²) in [7, 11) is 0. The van der Waals surface area contributed by atoms with Gasteiger partial charge >= 0.3 is 17.9 Å². The maximum Gasteiger partial charge on any atom is 0.331 e. The fourth-order valence-corrected chi connectivity index (χ4v) is 8.11. The van der Waals surface area contributed by atoms with Crippen molar-refractivity contribution in [2.75, 3.05) is 19.8 Å². The second kappa shape index (κ2) is 14.0. The van der Waals surface area contributed by atoms with Gasteiger partial charge in [-0.25, -0.2) is 14.4 Å². The Labute approximate surface area is 273 Å². The molecular formula is C36H53NO9. The number of carbonyl (C=O) groups excluding carboxylic acids is 4. The summed E-state index contributed by atoms with van der Waals surface area (Å²) in [5.41, 5.74) is -1.60. The van der Waals surface area contributed by atoms with E-state index < -0.39 is 51.9 Å². The number of ether oxygens (including phenoxy) is 5. The SMILES string of the molecule is CC.CC1=C[C@H]2OC3CC4OC(=O)/C=C\C=C\C(=O)OCCCC(NC(=O)C(C)(C)CC(C)C)C(=O)OC[C@@]2(CC1)C4(C)[C@]31CO1. The molecule has 4 unspecified atom stereocenters. The second-order valence-corrected chi connectivity index (χ2v) is 14.4. The lowest BCUT2D eigenvalue weighted by molar-refractivity contribution is -0.233. The fraction of sp³-hybridized carbons (Fsp3) is 0.722. The van der Waals surface area contributed by atoms with E-state index in [4.69, 9.17) is 23.7 Å². The van der Waals surface area contributed by atoms with E-state index in [1.165, 1.54) is 29.9 Å². The molecular weight excluding hydrogens is 590 g/mol. The molecule has 3 heterocycles. The predicted octanol–water partition coefficient (Wildman–Crippen LogP) is 5.15. The Balaban J connectivity index is 0.00000235. The van der Waals surface area contributed by atoms with Crippen LogP contribution in [0.2, 0.25) is 0 Å². The Kier molecular flexibility index (Phi) is 10.9. The van der Waals surface area contributed by atoms with E-state index in [0.717, 1.165) is 6.42 Å². The van der Waals surface area contributed by atoms with Gasteiger partial charge in [-0.15, -0.1) is 0 Å². The highest BCUT2D eigenvalue weighted by molar-refractivity contribution is 5.87. The molecule has 2 aliphatic carbocycles. The van der Waals surface area contributed by atoms with Gasteiger partial charge < -0.3 is 29.0 Å². The summed E-state index contributed by atoms with van der Waals surface area (Å²) in [5, 5.41) is 2.94. The number of carbonyl (C=O) groups is 4. The Morgan fingerprint density at radius 2 is 1.72 bits per heavy atom. The average molecular weight is 644 g/mol. The summed E-state index contributed by atoms with van der Waals surface area (Å²) < 4.78 is 30.4. The molecule has 3 fully saturated rings. The molecule has 2 saturated heterocycles. The van der Waals surface area contributed by atoms with Gasteiger partial charge in [0, 0.05) is 29.4 Å². The number of hydrogen-bond donors (Lipinski definition) is 1. The monoisotopic (exact) mass is 643 g/mol. The van der Waals surface area contributed by atoms with Crippen LogP contribution in [0.25, 0.3) is 0 Å². The lowest BCUT2D eigenvalue weighted by Gasteiger charge is -2.58. The van der Waals surface area contributed by atoms with Crippen molar-refractivity contribution < 1.29 is 42.9 Å². The molecule has 0 aromatic heterocycles. The molecule has 5 aliphatic rings. The average Bonchev–Trinajstić information content (AvgIpc) is 3.78. The smallest absolute Gasteiger partial charge is 0.331 e. The van der Waals surface area contributed by atoms with Gasteiger partial charge in [0.1, 0.15) is 24.4 Å². The van der Waals surface area contributed by atoms with E-state index in [1.54, 1.807) is 0 Å². The van der Waals surface area contributed by atoms with Crippen LogP contribution in [-0.2, 0) is 42.9 Å². The minimum Gasteiger partial charge on any atom is -0.463 e.